The zero-order valence-corrected chi connectivity index (χ0v) is 16.7. The van der Waals surface area contributed by atoms with Gasteiger partial charge in [0, 0.05) is 5.69 Å². The Labute approximate surface area is 169 Å². The summed E-state index contributed by atoms with van der Waals surface area (Å²) in [5.41, 5.74) is 1.04. The molecule has 0 fully saturated rings. The number of anilines is 1. The molecular weight excluding hydrogens is 380 g/mol. The third-order valence-corrected chi connectivity index (χ3v) is 4.03. The van der Waals surface area contributed by atoms with Crippen LogP contribution in [0.3, 0.4) is 0 Å². The van der Waals surface area contributed by atoms with Crippen LogP contribution in [-0.4, -0.2) is 26.7 Å². The SMILES string of the molecule is CCCOc1ccc(/C=C(\C#N)C(=O)Nc2ccc(OC)c(Cl)c2)cc1OC. The van der Waals surface area contributed by atoms with Crippen molar-refractivity contribution in [3.63, 3.8) is 0 Å². The Balaban J connectivity index is 2.21. The number of benzene rings is 2. The number of carbonyl (C=O) groups excluding carboxylic acids is 1. The number of nitriles is 1. The number of ether oxygens (including phenoxy) is 3. The van der Waals surface area contributed by atoms with Crippen LogP contribution < -0.4 is 19.5 Å². The average Bonchev–Trinajstić information content (AvgIpc) is 2.70. The van der Waals surface area contributed by atoms with E-state index >= 15 is 0 Å². The van der Waals surface area contributed by atoms with Crippen molar-refractivity contribution in [1.29, 1.82) is 5.26 Å². The van der Waals surface area contributed by atoms with Crippen molar-refractivity contribution in [3.8, 4) is 23.3 Å². The van der Waals surface area contributed by atoms with Gasteiger partial charge in [-0.2, -0.15) is 5.26 Å². The molecule has 1 N–H and O–H groups in total. The van der Waals surface area contributed by atoms with Crippen molar-refractivity contribution in [3.05, 3.63) is 52.6 Å². The molecule has 146 valence electrons. The lowest BCUT2D eigenvalue weighted by Gasteiger charge is -2.11. The van der Waals surface area contributed by atoms with Crippen molar-refractivity contribution in [2.24, 2.45) is 0 Å². The molecule has 28 heavy (non-hydrogen) atoms. The first kappa shape index (κ1) is 21.1. The summed E-state index contributed by atoms with van der Waals surface area (Å²) in [4.78, 5) is 12.4. The molecule has 0 aliphatic heterocycles. The number of halogens is 1. The molecule has 7 heteroatoms. The maximum atomic E-state index is 12.4. The lowest BCUT2D eigenvalue weighted by molar-refractivity contribution is -0.112. The highest BCUT2D eigenvalue weighted by Gasteiger charge is 2.12. The highest BCUT2D eigenvalue weighted by molar-refractivity contribution is 6.32. The Morgan fingerprint density at radius 3 is 2.46 bits per heavy atom. The Morgan fingerprint density at radius 1 is 1.14 bits per heavy atom. The maximum absolute atomic E-state index is 12.4. The van der Waals surface area contributed by atoms with E-state index in [1.807, 2.05) is 13.0 Å². The van der Waals surface area contributed by atoms with Gasteiger partial charge in [-0.15, -0.1) is 0 Å². The van der Waals surface area contributed by atoms with Crippen LogP contribution in [0.5, 0.6) is 17.2 Å². The summed E-state index contributed by atoms with van der Waals surface area (Å²) in [6.45, 7) is 2.58. The predicted molar refractivity (Wildman–Crippen MR) is 109 cm³/mol. The molecule has 0 aliphatic carbocycles. The van der Waals surface area contributed by atoms with E-state index in [9.17, 15) is 10.1 Å². The molecule has 1 amide bonds. The lowest BCUT2D eigenvalue weighted by atomic mass is 10.1. The summed E-state index contributed by atoms with van der Waals surface area (Å²) in [6, 6.07) is 11.9. The first-order valence-electron chi connectivity index (χ1n) is 8.59. The van der Waals surface area contributed by atoms with Gasteiger partial charge in [0.15, 0.2) is 11.5 Å². The van der Waals surface area contributed by atoms with Crippen LogP contribution in [0.2, 0.25) is 5.02 Å². The predicted octanol–water partition coefficient (Wildman–Crippen LogP) is 4.69. The van der Waals surface area contributed by atoms with E-state index in [2.05, 4.69) is 5.32 Å². The first-order valence-corrected chi connectivity index (χ1v) is 8.97. The van der Waals surface area contributed by atoms with Gasteiger partial charge >= 0.3 is 0 Å². The van der Waals surface area contributed by atoms with Crippen LogP contribution in [0.15, 0.2) is 42.0 Å². The molecule has 0 aromatic heterocycles. The lowest BCUT2D eigenvalue weighted by Crippen LogP contribution is -2.13. The second-order valence-corrected chi connectivity index (χ2v) is 6.14. The first-order chi connectivity index (χ1) is 13.5. The van der Waals surface area contributed by atoms with Gasteiger partial charge in [-0.25, -0.2) is 0 Å². The summed E-state index contributed by atoms with van der Waals surface area (Å²) in [6.07, 6.45) is 2.35. The van der Waals surface area contributed by atoms with E-state index < -0.39 is 5.91 Å². The fourth-order valence-corrected chi connectivity index (χ4v) is 2.62. The van der Waals surface area contributed by atoms with Gasteiger partial charge in [0.05, 0.1) is 25.8 Å². The molecule has 0 heterocycles. The van der Waals surface area contributed by atoms with Crippen molar-refractivity contribution in [2.75, 3.05) is 26.1 Å². The number of rotatable bonds is 8. The zero-order chi connectivity index (χ0) is 20.5. The minimum Gasteiger partial charge on any atom is -0.495 e. The van der Waals surface area contributed by atoms with Gasteiger partial charge in [0.25, 0.3) is 5.91 Å². The Kier molecular flexibility index (Phi) is 7.73. The molecule has 0 saturated heterocycles. The zero-order valence-electron chi connectivity index (χ0n) is 15.9. The fraction of sp³-hybridized carbons (Fsp3) is 0.238. The molecule has 0 bridgehead atoms. The molecule has 2 aromatic carbocycles. The summed E-state index contributed by atoms with van der Waals surface area (Å²) < 4.78 is 16.0. The number of nitrogens with zero attached hydrogens (tertiary/aromatic N) is 1. The fourth-order valence-electron chi connectivity index (χ4n) is 2.36. The minimum absolute atomic E-state index is 0.0591. The molecule has 0 atom stereocenters. The van der Waals surface area contributed by atoms with Crippen molar-refractivity contribution in [2.45, 2.75) is 13.3 Å². The molecule has 2 aromatic rings. The highest BCUT2D eigenvalue weighted by atomic mass is 35.5. The molecule has 0 unspecified atom stereocenters. The topological polar surface area (TPSA) is 80.6 Å². The van der Waals surface area contributed by atoms with Crippen LogP contribution in [0, 0.1) is 11.3 Å². The van der Waals surface area contributed by atoms with Gasteiger partial charge in [0.1, 0.15) is 17.4 Å². The number of methoxy groups -OCH3 is 2. The van der Waals surface area contributed by atoms with Gasteiger partial charge < -0.3 is 19.5 Å². The molecule has 0 radical (unpaired) electrons. The monoisotopic (exact) mass is 400 g/mol. The van der Waals surface area contributed by atoms with Gasteiger partial charge in [0.2, 0.25) is 0 Å². The van der Waals surface area contributed by atoms with Gasteiger partial charge in [-0.05, 0) is 48.4 Å². The number of carbonyl (C=O) groups is 1. The minimum atomic E-state index is -0.547. The normalized spacial score (nSPS) is 10.8. The summed E-state index contributed by atoms with van der Waals surface area (Å²) in [7, 11) is 3.04. The van der Waals surface area contributed by atoms with E-state index in [4.69, 9.17) is 25.8 Å². The molecule has 0 spiro atoms. The van der Waals surface area contributed by atoms with Crippen molar-refractivity contribution in [1.82, 2.24) is 0 Å². The summed E-state index contributed by atoms with van der Waals surface area (Å²) in [5, 5.41) is 12.4. The van der Waals surface area contributed by atoms with Gasteiger partial charge in [-0.1, -0.05) is 24.6 Å². The van der Waals surface area contributed by atoms with E-state index in [1.54, 1.807) is 36.4 Å². The largest absolute Gasteiger partial charge is 0.495 e. The van der Waals surface area contributed by atoms with E-state index in [0.717, 1.165) is 6.42 Å². The molecular formula is C21H21ClN2O4. The van der Waals surface area contributed by atoms with Crippen LogP contribution in [0.1, 0.15) is 18.9 Å². The number of nitrogens with one attached hydrogen (secondary N) is 1. The molecule has 6 nitrogen and oxygen atoms in total. The van der Waals surface area contributed by atoms with Gasteiger partial charge in [-0.3, -0.25) is 4.79 Å². The molecule has 0 saturated carbocycles. The van der Waals surface area contributed by atoms with E-state index in [0.29, 0.717) is 40.1 Å². The molecule has 0 aliphatic rings. The van der Waals surface area contributed by atoms with Crippen LogP contribution >= 0.6 is 11.6 Å². The highest BCUT2D eigenvalue weighted by Crippen LogP contribution is 2.30. The third kappa shape index (κ3) is 5.41. The van der Waals surface area contributed by atoms with E-state index in [-0.39, 0.29) is 5.57 Å². The second-order valence-electron chi connectivity index (χ2n) is 5.73. The Hall–Kier alpha value is -3.17. The van der Waals surface area contributed by atoms with E-state index in [1.165, 1.54) is 20.3 Å². The number of hydrogen-bond donors (Lipinski definition) is 1. The smallest absolute Gasteiger partial charge is 0.266 e. The maximum Gasteiger partial charge on any atom is 0.266 e. The Morgan fingerprint density at radius 2 is 1.86 bits per heavy atom. The van der Waals surface area contributed by atoms with Crippen LogP contribution in [0.4, 0.5) is 5.69 Å². The number of hydrogen-bond acceptors (Lipinski definition) is 5. The summed E-state index contributed by atoms with van der Waals surface area (Å²) >= 11 is 6.06. The van der Waals surface area contributed by atoms with Crippen LogP contribution in [-0.2, 0) is 4.79 Å². The average molecular weight is 401 g/mol. The standard InChI is InChI=1S/C21H21ClN2O4/c1-4-9-28-19-7-5-14(11-20(19)27-3)10-15(13-23)21(25)24-16-6-8-18(26-2)17(22)12-16/h5-8,10-12H,4,9H2,1-3H3,(H,24,25)/b15-10+. The quantitative estimate of drug-likeness (QED) is 0.513. The van der Waals surface area contributed by atoms with Crippen molar-refractivity contribution >= 4 is 29.3 Å². The molecule has 2 rings (SSSR count). The number of amides is 1. The third-order valence-electron chi connectivity index (χ3n) is 3.74. The second kappa shape index (κ2) is 10.2. The van der Waals surface area contributed by atoms with Crippen molar-refractivity contribution < 1.29 is 19.0 Å². The Bertz CT molecular complexity index is 919. The summed E-state index contributed by atoms with van der Waals surface area (Å²) in [5.74, 6) is 1.08. The van der Waals surface area contributed by atoms with Crippen LogP contribution in [0.25, 0.3) is 6.08 Å².